The second-order valence-electron chi connectivity index (χ2n) is 5.37. The minimum absolute atomic E-state index is 0.207. The van der Waals surface area contributed by atoms with Crippen LogP contribution in [-0.2, 0) is 11.2 Å². The van der Waals surface area contributed by atoms with Crippen LogP contribution in [0.5, 0.6) is 0 Å². The van der Waals surface area contributed by atoms with Gasteiger partial charge in [-0.3, -0.25) is 4.90 Å². The number of thiophene rings is 1. The summed E-state index contributed by atoms with van der Waals surface area (Å²) in [5, 5.41) is 15.1. The Labute approximate surface area is 133 Å². The maximum Gasteiger partial charge on any atom is 0.227 e. The fourth-order valence-electron chi connectivity index (χ4n) is 2.69. The van der Waals surface area contributed by atoms with Crippen LogP contribution in [0, 0.1) is 0 Å². The zero-order valence-electron chi connectivity index (χ0n) is 12.5. The van der Waals surface area contributed by atoms with Gasteiger partial charge in [0.15, 0.2) is 0 Å². The number of hydrogen-bond acceptors (Lipinski definition) is 7. The van der Waals surface area contributed by atoms with Crippen LogP contribution in [0.25, 0.3) is 10.7 Å². The van der Waals surface area contributed by atoms with Crippen molar-refractivity contribution in [2.75, 3.05) is 32.9 Å². The summed E-state index contributed by atoms with van der Waals surface area (Å²) in [6, 6.07) is 4.30. The van der Waals surface area contributed by atoms with Crippen molar-refractivity contribution in [1.29, 1.82) is 0 Å². The Morgan fingerprint density at radius 2 is 2.41 bits per heavy atom. The molecule has 1 saturated heterocycles. The van der Waals surface area contributed by atoms with Crippen LogP contribution in [0.2, 0.25) is 0 Å². The number of aryl methyl sites for hydroxylation is 1. The molecule has 1 unspecified atom stereocenters. The molecule has 3 heterocycles. The molecule has 3 rings (SSSR count). The Balaban J connectivity index is 1.48. The lowest BCUT2D eigenvalue weighted by Crippen LogP contribution is -2.46. The van der Waals surface area contributed by atoms with E-state index in [-0.39, 0.29) is 6.61 Å². The Morgan fingerprint density at radius 1 is 1.45 bits per heavy atom. The van der Waals surface area contributed by atoms with Crippen molar-refractivity contribution >= 4 is 11.3 Å². The van der Waals surface area contributed by atoms with Gasteiger partial charge in [-0.05, 0) is 30.8 Å². The predicted molar refractivity (Wildman–Crippen MR) is 83.8 cm³/mol. The third kappa shape index (κ3) is 3.92. The Hall–Kier alpha value is -1.28. The number of aromatic nitrogens is 2. The van der Waals surface area contributed by atoms with Crippen molar-refractivity contribution in [3.63, 3.8) is 0 Å². The van der Waals surface area contributed by atoms with Crippen molar-refractivity contribution in [2.45, 2.75) is 25.3 Å². The maximum atomic E-state index is 9.12. The fourth-order valence-corrected chi connectivity index (χ4v) is 3.34. The van der Waals surface area contributed by atoms with Crippen LogP contribution in [-0.4, -0.2) is 59.1 Å². The van der Waals surface area contributed by atoms with Gasteiger partial charge in [0.1, 0.15) is 0 Å². The molecule has 0 aliphatic carbocycles. The van der Waals surface area contributed by atoms with E-state index in [9.17, 15) is 0 Å². The molecule has 0 amide bonds. The molecule has 0 radical (unpaired) electrons. The van der Waals surface area contributed by atoms with Crippen molar-refractivity contribution in [2.24, 2.45) is 0 Å². The average molecular weight is 323 g/mol. The third-order valence-electron chi connectivity index (χ3n) is 3.86. The van der Waals surface area contributed by atoms with Crippen LogP contribution < -0.4 is 0 Å². The first-order chi connectivity index (χ1) is 10.9. The van der Waals surface area contributed by atoms with Crippen LogP contribution in [0.1, 0.15) is 18.7 Å². The van der Waals surface area contributed by atoms with Crippen molar-refractivity contribution in [1.82, 2.24) is 15.0 Å². The second kappa shape index (κ2) is 7.82. The van der Waals surface area contributed by atoms with Crippen molar-refractivity contribution in [3.05, 3.63) is 23.4 Å². The Bertz CT molecular complexity index is 556. The summed E-state index contributed by atoms with van der Waals surface area (Å²) in [6.07, 6.45) is 2.51. The van der Waals surface area contributed by atoms with Gasteiger partial charge < -0.3 is 14.4 Å². The summed E-state index contributed by atoms with van der Waals surface area (Å²) in [5.74, 6) is 1.37. The molecule has 6 nitrogen and oxygen atoms in total. The van der Waals surface area contributed by atoms with E-state index < -0.39 is 0 Å². The highest BCUT2D eigenvalue weighted by Gasteiger charge is 2.22. The molecule has 0 aromatic carbocycles. The Morgan fingerprint density at radius 3 is 3.23 bits per heavy atom. The lowest BCUT2D eigenvalue weighted by atomic mass is 10.1. The average Bonchev–Trinajstić information content (AvgIpc) is 3.20. The minimum Gasteiger partial charge on any atom is -0.396 e. The summed E-state index contributed by atoms with van der Waals surface area (Å²) < 4.78 is 10.8. The molecule has 1 fully saturated rings. The summed E-state index contributed by atoms with van der Waals surface area (Å²) in [6.45, 7) is 3.58. The van der Waals surface area contributed by atoms with Gasteiger partial charge in [-0.1, -0.05) is 11.2 Å². The lowest BCUT2D eigenvalue weighted by Gasteiger charge is -2.35. The van der Waals surface area contributed by atoms with Crippen molar-refractivity contribution < 1.29 is 14.4 Å². The molecule has 0 saturated carbocycles. The van der Waals surface area contributed by atoms with E-state index in [0.717, 1.165) is 43.8 Å². The fraction of sp³-hybridized carbons (Fsp3) is 0.600. The number of aliphatic hydroxyl groups is 1. The van der Waals surface area contributed by atoms with Gasteiger partial charge in [0.25, 0.3) is 0 Å². The zero-order chi connectivity index (χ0) is 15.2. The molecule has 22 heavy (non-hydrogen) atoms. The summed E-state index contributed by atoms with van der Waals surface area (Å²) in [5.41, 5.74) is 0. The molecule has 0 spiro atoms. The van der Waals surface area contributed by atoms with Gasteiger partial charge in [0, 0.05) is 25.6 Å². The molecule has 1 aliphatic rings. The lowest BCUT2D eigenvalue weighted by molar-refractivity contribution is -0.0159. The zero-order valence-corrected chi connectivity index (χ0v) is 13.3. The quantitative estimate of drug-likeness (QED) is 0.838. The van der Waals surface area contributed by atoms with Gasteiger partial charge in [0.2, 0.25) is 11.7 Å². The van der Waals surface area contributed by atoms with Gasteiger partial charge >= 0.3 is 0 Å². The Kier molecular flexibility index (Phi) is 5.55. The van der Waals surface area contributed by atoms with E-state index >= 15 is 0 Å². The molecular formula is C15H21N3O3S. The number of hydrogen-bond donors (Lipinski definition) is 1. The maximum absolute atomic E-state index is 9.12. The van der Waals surface area contributed by atoms with E-state index in [1.54, 1.807) is 11.3 Å². The number of morpholine rings is 1. The number of aliphatic hydroxyl groups excluding tert-OH is 1. The highest BCUT2D eigenvalue weighted by Crippen LogP contribution is 2.21. The predicted octanol–water partition coefficient (Wildman–Crippen LogP) is 1.81. The molecule has 1 aliphatic heterocycles. The number of rotatable bonds is 7. The van der Waals surface area contributed by atoms with Crippen LogP contribution in [0.3, 0.4) is 0 Å². The molecule has 2 aromatic heterocycles. The SMILES string of the molecule is OCCC1COCCN1CCCc1nc(-c2cccs2)no1. The molecule has 120 valence electrons. The monoisotopic (exact) mass is 323 g/mol. The summed E-state index contributed by atoms with van der Waals surface area (Å²) >= 11 is 1.61. The molecule has 0 bridgehead atoms. The van der Waals surface area contributed by atoms with Gasteiger partial charge in [-0.2, -0.15) is 4.98 Å². The van der Waals surface area contributed by atoms with Gasteiger partial charge in [-0.15, -0.1) is 11.3 Å². The third-order valence-corrected chi connectivity index (χ3v) is 4.72. The molecule has 7 heteroatoms. The van der Waals surface area contributed by atoms with Gasteiger partial charge in [0.05, 0.1) is 18.1 Å². The number of ether oxygens (including phenoxy) is 1. The van der Waals surface area contributed by atoms with Crippen molar-refractivity contribution in [3.8, 4) is 10.7 Å². The van der Waals surface area contributed by atoms with Crippen LogP contribution in [0.15, 0.2) is 22.0 Å². The standard InChI is InChI=1S/C15H21N3O3S/c19-8-5-12-11-20-9-7-18(12)6-1-4-14-16-15(17-21-14)13-3-2-10-22-13/h2-3,10,12,19H,1,4-9,11H2. The first-order valence-electron chi connectivity index (χ1n) is 7.66. The first-order valence-corrected chi connectivity index (χ1v) is 8.54. The van der Waals surface area contributed by atoms with Gasteiger partial charge in [-0.25, -0.2) is 0 Å². The molecule has 1 atom stereocenters. The second-order valence-corrected chi connectivity index (χ2v) is 6.32. The largest absolute Gasteiger partial charge is 0.396 e. The normalized spacial score (nSPS) is 19.6. The van der Waals surface area contributed by atoms with Crippen LogP contribution >= 0.6 is 11.3 Å². The number of nitrogens with zero attached hydrogens (tertiary/aromatic N) is 3. The smallest absolute Gasteiger partial charge is 0.227 e. The first kappa shape index (κ1) is 15.6. The molecule has 1 N–H and O–H groups in total. The topological polar surface area (TPSA) is 71.6 Å². The highest BCUT2D eigenvalue weighted by molar-refractivity contribution is 7.13. The van der Waals surface area contributed by atoms with E-state index in [1.807, 2.05) is 17.5 Å². The van der Waals surface area contributed by atoms with E-state index in [2.05, 4.69) is 15.0 Å². The summed E-state index contributed by atoms with van der Waals surface area (Å²) in [7, 11) is 0. The van der Waals surface area contributed by atoms with E-state index in [1.165, 1.54) is 0 Å². The highest BCUT2D eigenvalue weighted by atomic mass is 32.1. The van der Waals surface area contributed by atoms with E-state index in [4.69, 9.17) is 14.4 Å². The van der Waals surface area contributed by atoms with E-state index in [0.29, 0.717) is 24.4 Å². The minimum atomic E-state index is 0.207. The summed E-state index contributed by atoms with van der Waals surface area (Å²) in [4.78, 5) is 7.86. The van der Waals surface area contributed by atoms with Crippen LogP contribution in [0.4, 0.5) is 0 Å². The molecular weight excluding hydrogens is 302 g/mol. The molecule has 2 aromatic rings.